The number of rotatable bonds is 9. The van der Waals surface area contributed by atoms with E-state index < -0.39 is 72.9 Å². The maximum atomic E-state index is 15.9. The second-order valence-electron chi connectivity index (χ2n) is 9.49. The number of nitrogens with zero attached hydrogens (tertiary/aromatic N) is 2. The molecule has 0 amide bonds. The molecule has 3 aliphatic rings. The summed E-state index contributed by atoms with van der Waals surface area (Å²) in [7, 11) is 0. The van der Waals surface area contributed by atoms with Gasteiger partial charge in [-0.1, -0.05) is 33.1 Å². The van der Waals surface area contributed by atoms with Crippen molar-refractivity contribution in [3.05, 3.63) is 33.1 Å². The van der Waals surface area contributed by atoms with Crippen molar-refractivity contribution in [3.63, 3.8) is 0 Å². The number of hydrogen-bond donors (Lipinski definition) is 0. The van der Waals surface area contributed by atoms with Crippen LogP contribution in [0.2, 0.25) is 0 Å². The molecule has 0 aromatic carbocycles. The summed E-state index contributed by atoms with van der Waals surface area (Å²) in [5.74, 6) is -4.68. The van der Waals surface area contributed by atoms with Crippen LogP contribution >= 0.6 is 0 Å². The molecule has 4 rings (SSSR count). The zero-order chi connectivity index (χ0) is 26.7. The van der Waals surface area contributed by atoms with E-state index in [1.165, 1.54) is 0 Å². The fourth-order valence-corrected chi connectivity index (χ4v) is 4.92. The lowest BCUT2D eigenvalue weighted by atomic mass is 9.89. The number of hydrogen-bond acceptors (Lipinski definition) is 10. The lowest BCUT2D eigenvalue weighted by Gasteiger charge is -2.24. The number of carbonyl (C=O) groups excluding carboxylic acids is 3. The summed E-state index contributed by atoms with van der Waals surface area (Å²) in [6.45, 7) is 2.04. The van der Waals surface area contributed by atoms with E-state index in [1.54, 1.807) is 13.8 Å². The molecule has 0 bridgehead atoms. The van der Waals surface area contributed by atoms with Crippen LogP contribution in [0.5, 0.6) is 0 Å². The summed E-state index contributed by atoms with van der Waals surface area (Å²) in [4.78, 5) is 62.0. The molecule has 1 aromatic rings. The van der Waals surface area contributed by atoms with Gasteiger partial charge in [0, 0.05) is 12.3 Å². The number of carbonyl (C=O) groups is 3. The molecule has 12 nitrogen and oxygen atoms in total. The standard InChI is InChI=1S/C24H31FN2O10/c1-3-14(4-2)20(29)33-12-24(25)18-17(35-23(32)36-18)19(37-24)26-11-10-16(28)27(22(26)31)13-34-21(30)15-8-6-5-7-9-15/h10-11,14-15,17-19H,3-9,12-13H2,1-2H3/t17-,18+,19-,24-/m1/s1. The molecule has 1 saturated carbocycles. The van der Waals surface area contributed by atoms with Crippen molar-refractivity contribution in [1.82, 2.24) is 9.13 Å². The van der Waals surface area contributed by atoms with Gasteiger partial charge in [0.05, 0.1) is 11.8 Å². The van der Waals surface area contributed by atoms with Crippen molar-refractivity contribution in [2.75, 3.05) is 6.61 Å². The molecule has 0 N–H and O–H groups in total. The maximum Gasteiger partial charge on any atom is 0.509 e. The van der Waals surface area contributed by atoms with Crippen molar-refractivity contribution in [2.45, 2.75) is 89.8 Å². The first-order valence-electron chi connectivity index (χ1n) is 12.6. The van der Waals surface area contributed by atoms with E-state index in [0.717, 1.165) is 36.1 Å². The summed E-state index contributed by atoms with van der Waals surface area (Å²) in [6, 6.07) is 1.01. The van der Waals surface area contributed by atoms with Crippen molar-refractivity contribution in [1.29, 1.82) is 0 Å². The second kappa shape index (κ2) is 11.0. The highest BCUT2D eigenvalue weighted by atomic mass is 19.2. The summed E-state index contributed by atoms with van der Waals surface area (Å²) in [5.41, 5.74) is -1.73. The Balaban J connectivity index is 1.53. The average molecular weight is 527 g/mol. The van der Waals surface area contributed by atoms with Gasteiger partial charge in [0.25, 0.3) is 11.4 Å². The summed E-state index contributed by atoms with van der Waals surface area (Å²) in [6.07, 6.45) is 0.479. The highest BCUT2D eigenvalue weighted by Gasteiger charge is 2.65. The normalized spacial score (nSPS) is 27.5. The number of aromatic nitrogens is 2. The first-order valence-corrected chi connectivity index (χ1v) is 12.6. The summed E-state index contributed by atoms with van der Waals surface area (Å²) < 4.78 is 43.1. The molecule has 2 saturated heterocycles. The summed E-state index contributed by atoms with van der Waals surface area (Å²) >= 11 is 0. The smallest absolute Gasteiger partial charge is 0.459 e. The molecule has 204 valence electrons. The Morgan fingerprint density at radius 1 is 1.11 bits per heavy atom. The Morgan fingerprint density at radius 3 is 2.49 bits per heavy atom. The van der Waals surface area contributed by atoms with Gasteiger partial charge in [0.15, 0.2) is 25.7 Å². The molecule has 1 aliphatic carbocycles. The van der Waals surface area contributed by atoms with Crippen LogP contribution in [0.4, 0.5) is 9.18 Å². The number of fused-ring (bicyclic) bond motifs is 1. The third-order valence-electron chi connectivity index (χ3n) is 7.15. The predicted molar refractivity (Wildman–Crippen MR) is 122 cm³/mol. The topological polar surface area (TPSA) is 141 Å². The van der Waals surface area contributed by atoms with Crippen molar-refractivity contribution < 1.29 is 42.5 Å². The van der Waals surface area contributed by atoms with Crippen LogP contribution in [0.3, 0.4) is 0 Å². The van der Waals surface area contributed by atoms with Crippen LogP contribution in [0.1, 0.15) is 65.0 Å². The zero-order valence-corrected chi connectivity index (χ0v) is 20.8. The Labute approximate surface area is 211 Å². The van der Waals surface area contributed by atoms with Crippen LogP contribution in [-0.2, 0) is 40.0 Å². The number of halogens is 1. The van der Waals surface area contributed by atoms with Crippen molar-refractivity contribution in [2.24, 2.45) is 11.8 Å². The molecule has 3 heterocycles. The molecule has 37 heavy (non-hydrogen) atoms. The van der Waals surface area contributed by atoms with Gasteiger partial charge in [-0.15, -0.1) is 0 Å². The van der Waals surface area contributed by atoms with Crippen LogP contribution in [-0.4, -0.2) is 51.9 Å². The van der Waals surface area contributed by atoms with Crippen molar-refractivity contribution >= 4 is 18.1 Å². The average Bonchev–Trinajstić information content (AvgIpc) is 3.40. The Morgan fingerprint density at radius 2 is 1.81 bits per heavy atom. The lowest BCUT2D eigenvalue weighted by Crippen LogP contribution is -2.43. The molecule has 0 unspecified atom stereocenters. The molecule has 1 aromatic heterocycles. The van der Waals surface area contributed by atoms with E-state index in [-0.39, 0.29) is 5.92 Å². The molecule has 13 heteroatoms. The monoisotopic (exact) mass is 526 g/mol. The van der Waals surface area contributed by atoms with Gasteiger partial charge < -0.3 is 23.7 Å². The maximum absolute atomic E-state index is 15.9. The Hall–Kier alpha value is -3.22. The molecule has 0 spiro atoms. The number of esters is 2. The van der Waals surface area contributed by atoms with Gasteiger partial charge in [-0.05, 0) is 25.7 Å². The largest absolute Gasteiger partial charge is 0.509 e. The van der Waals surface area contributed by atoms with Crippen LogP contribution in [0, 0.1) is 11.8 Å². The molecule has 3 fully saturated rings. The third-order valence-corrected chi connectivity index (χ3v) is 7.15. The quantitative estimate of drug-likeness (QED) is 0.347. The van der Waals surface area contributed by atoms with Crippen LogP contribution < -0.4 is 11.2 Å². The van der Waals surface area contributed by atoms with E-state index in [1.807, 2.05) is 0 Å². The minimum atomic E-state index is -2.81. The third kappa shape index (κ3) is 5.41. The minimum Gasteiger partial charge on any atom is -0.459 e. The van der Waals surface area contributed by atoms with E-state index in [9.17, 15) is 24.0 Å². The number of alkyl halides is 1. The van der Waals surface area contributed by atoms with Crippen LogP contribution in [0.15, 0.2) is 21.9 Å². The predicted octanol–water partition coefficient (Wildman–Crippen LogP) is 2.17. The van der Waals surface area contributed by atoms with Gasteiger partial charge in [0.1, 0.15) is 0 Å². The fraction of sp³-hybridized carbons (Fsp3) is 0.708. The minimum absolute atomic E-state index is 0.292. The van der Waals surface area contributed by atoms with E-state index in [0.29, 0.717) is 30.3 Å². The SMILES string of the molecule is CCC(CC)C(=O)OC[C@@]1(F)O[C@@H](n2ccc(=O)n(COC(=O)C3CCCCC3)c2=O)[C@@H]2OC(=O)O[C@@H]21. The summed E-state index contributed by atoms with van der Waals surface area (Å²) in [5, 5.41) is 0. The first-order chi connectivity index (χ1) is 17.7. The Bertz CT molecular complexity index is 1140. The second-order valence-corrected chi connectivity index (χ2v) is 9.49. The number of ether oxygens (including phenoxy) is 5. The van der Waals surface area contributed by atoms with E-state index in [2.05, 4.69) is 0 Å². The molecule has 0 radical (unpaired) electrons. The molecule has 2 aliphatic heterocycles. The zero-order valence-electron chi connectivity index (χ0n) is 20.8. The van der Waals surface area contributed by atoms with Gasteiger partial charge in [-0.3, -0.25) is 19.0 Å². The lowest BCUT2D eigenvalue weighted by molar-refractivity contribution is -0.221. The highest BCUT2D eigenvalue weighted by molar-refractivity contribution is 5.72. The van der Waals surface area contributed by atoms with Crippen LogP contribution in [0.25, 0.3) is 0 Å². The molecular formula is C24H31FN2O10. The Kier molecular flexibility index (Phi) is 8.00. The van der Waals surface area contributed by atoms with Crippen molar-refractivity contribution in [3.8, 4) is 0 Å². The van der Waals surface area contributed by atoms with Gasteiger partial charge in [0.2, 0.25) is 6.10 Å². The van der Waals surface area contributed by atoms with E-state index >= 15 is 4.39 Å². The first kappa shape index (κ1) is 26.8. The van der Waals surface area contributed by atoms with E-state index in [4.69, 9.17) is 23.7 Å². The van der Waals surface area contributed by atoms with Gasteiger partial charge >= 0.3 is 23.8 Å². The molecular weight excluding hydrogens is 495 g/mol. The molecule has 4 atom stereocenters. The van der Waals surface area contributed by atoms with Gasteiger partial charge in [-0.25, -0.2) is 18.5 Å². The highest BCUT2D eigenvalue weighted by Crippen LogP contribution is 2.44. The fourth-order valence-electron chi connectivity index (χ4n) is 4.92. The van der Waals surface area contributed by atoms with Gasteiger partial charge in [-0.2, -0.15) is 0 Å².